The first-order valence-corrected chi connectivity index (χ1v) is 12.2. The number of amides is 1. The Labute approximate surface area is 202 Å². The number of piperazine rings is 1. The average Bonchev–Trinajstić information content (AvgIpc) is 2.88. The fourth-order valence-electron chi connectivity index (χ4n) is 4.04. The molecule has 8 nitrogen and oxygen atoms in total. The molecule has 1 unspecified atom stereocenters. The summed E-state index contributed by atoms with van der Waals surface area (Å²) in [5.74, 6) is -0.474. The number of nitrogens with zero attached hydrogens (tertiary/aromatic N) is 4. The molecule has 1 aromatic heterocycles. The molecule has 9 heteroatoms. The second-order valence-corrected chi connectivity index (χ2v) is 9.42. The lowest BCUT2D eigenvalue weighted by Crippen LogP contribution is -2.50. The SMILES string of the molecule is CCN1CCN(C(=O)C(C)Sc2nc3cc(C(=O)OC)ccc3c(=O)n2-c2ccccc2)CC1. The van der Waals surface area contributed by atoms with Crippen LogP contribution in [0.5, 0.6) is 0 Å². The first kappa shape index (κ1) is 24.0. The molecule has 34 heavy (non-hydrogen) atoms. The highest BCUT2D eigenvalue weighted by molar-refractivity contribution is 8.00. The van der Waals surface area contributed by atoms with Gasteiger partial charge in [-0.15, -0.1) is 0 Å². The molecule has 0 bridgehead atoms. The van der Waals surface area contributed by atoms with Crippen LogP contribution in [0.25, 0.3) is 16.6 Å². The van der Waals surface area contributed by atoms with Crippen molar-refractivity contribution in [3.05, 3.63) is 64.4 Å². The van der Waals surface area contributed by atoms with Crippen LogP contribution in [0.2, 0.25) is 0 Å². The molecular formula is C25H28N4O4S. The fourth-order valence-corrected chi connectivity index (χ4v) is 5.06. The van der Waals surface area contributed by atoms with Crippen molar-refractivity contribution in [2.24, 2.45) is 0 Å². The lowest BCUT2D eigenvalue weighted by atomic mass is 10.1. The van der Waals surface area contributed by atoms with Gasteiger partial charge in [-0.3, -0.25) is 14.2 Å². The van der Waals surface area contributed by atoms with E-state index in [1.807, 2.05) is 42.2 Å². The Morgan fingerprint density at radius 2 is 1.79 bits per heavy atom. The molecule has 1 aliphatic rings. The van der Waals surface area contributed by atoms with E-state index in [1.54, 1.807) is 18.2 Å². The zero-order valence-electron chi connectivity index (χ0n) is 19.6. The molecule has 1 amide bonds. The number of rotatable bonds is 6. The van der Waals surface area contributed by atoms with E-state index >= 15 is 0 Å². The number of hydrogen-bond donors (Lipinski definition) is 0. The smallest absolute Gasteiger partial charge is 0.337 e. The van der Waals surface area contributed by atoms with E-state index < -0.39 is 11.2 Å². The van der Waals surface area contributed by atoms with E-state index in [0.29, 0.717) is 40.4 Å². The summed E-state index contributed by atoms with van der Waals surface area (Å²) in [5, 5.41) is 0.352. The summed E-state index contributed by atoms with van der Waals surface area (Å²) >= 11 is 1.25. The van der Waals surface area contributed by atoms with Crippen molar-refractivity contribution in [1.82, 2.24) is 19.4 Å². The molecular weight excluding hydrogens is 452 g/mol. The molecule has 4 rings (SSSR count). The summed E-state index contributed by atoms with van der Waals surface area (Å²) in [6.45, 7) is 8.04. The first-order valence-electron chi connectivity index (χ1n) is 11.3. The maximum Gasteiger partial charge on any atom is 0.337 e. The molecule has 2 heterocycles. The Morgan fingerprint density at radius 3 is 2.44 bits per heavy atom. The van der Waals surface area contributed by atoms with Gasteiger partial charge >= 0.3 is 5.97 Å². The average molecular weight is 481 g/mol. The Bertz CT molecular complexity index is 1250. The van der Waals surface area contributed by atoms with Gasteiger partial charge in [0.15, 0.2) is 5.16 Å². The number of fused-ring (bicyclic) bond motifs is 1. The number of aromatic nitrogens is 2. The van der Waals surface area contributed by atoms with Crippen LogP contribution in [-0.4, -0.2) is 76.3 Å². The molecule has 1 saturated heterocycles. The third kappa shape index (κ3) is 4.85. The van der Waals surface area contributed by atoms with E-state index in [4.69, 9.17) is 9.72 Å². The van der Waals surface area contributed by atoms with Crippen molar-refractivity contribution < 1.29 is 14.3 Å². The molecule has 0 N–H and O–H groups in total. The lowest BCUT2D eigenvalue weighted by molar-refractivity contribution is -0.132. The van der Waals surface area contributed by atoms with Crippen molar-refractivity contribution >= 4 is 34.5 Å². The third-order valence-electron chi connectivity index (χ3n) is 6.04. The fraction of sp³-hybridized carbons (Fsp3) is 0.360. The van der Waals surface area contributed by atoms with Gasteiger partial charge in [-0.05, 0) is 43.8 Å². The predicted octanol–water partition coefficient (Wildman–Crippen LogP) is 2.82. The van der Waals surface area contributed by atoms with Gasteiger partial charge in [0.25, 0.3) is 5.56 Å². The van der Waals surface area contributed by atoms with E-state index in [0.717, 1.165) is 19.6 Å². The zero-order valence-corrected chi connectivity index (χ0v) is 20.4. The minimum atomic E-state index is -0.500. The van der Waals surface area contributed by atoms with E-state index in [2.05, 4.69) is 11.8 Å². The highest BCUT2D eigenvalue weighted by Crippen LogP contribution is 2.27. The summed E-state index contributed by atoms with van der Waals surface area (Å²) in [6, 6.07) is 13.9. The number of methoxy groups -OCH3 is 1. The Balaban J connectivity index is 1.72. The first-order chi connectivity index (χ1) is 16.4. The summed E-state index contributed by atoms with van der Waals surface area (Å²) in [6.07, 6.45) is 0. The van der Waals surface area contributed by atoms with Gasteiger partial charge in [0.1, 0.15) is 0 Å². The molecule has 1 fully saturated rings. The van der Waals surface area contributed by atoms with Gasteiger partial charge < -0.3 is 14.5 Å². The van der Waals surface area contributed by atoms with Crippen LogP contribution in [0.3, 0.4) is 0 Å². The van der Waals surface area contributed by atoms with Crippen molar-refractivity contribution in [2.45, 2.75) is 24.3 Å². The molecule has 0 spiro atoms. The monoisotopic (exact) mass is 480 g/mol. The molecule has 0 saturated carbocycles. The number of carbonyl (C=O) groups is 2. The highest BCUT2D eigenvalue weighted by Gasteiger charge is 2.27. The summed E-state index contributed by atoms with van der Waals surface area (Å²) < 4.78 is 6.34. The van der Waals surface area contributed by atoms with Gasteiger partial charge in [-0.1, -0.05) is 36.9 Å². The van der Waals surface area contributed by atoms with Crippen molar-refractivity contribution in [1.29, 1.82) is 0 Å². The van der Waals surface area contributed by atoms with E-state index in [9.17, 15) is 14.4 Å². The number of hydrogen-bond acceptors (Lipinski definition) is 7. The Hall–Kier alpha value is -3.17. The van der Waals surface area contributed by atoms with Gasteiger partial charge in [0.2, 0.25) is 5.91 Å². The number of likely N-dealkylation sites (N-methyl/N-ethyl adjacent to an activating group) is 1. The minimum Gasteiger partial charge on any atom is -0.465 e. The second-order valence-electron chi connectivity index (χ2n) is 8.11. The maximum absolute atomic E-state index is 13.5. The van der Waals surface area contributed by atoms with E-state index in [-0.39, 0.29) is 11.5 Å². The Morgan fingerprint density at radius 1 is 1.09 bits per heavy atom. The molecule has 0 aliphatic carbocycles. The molecule has 1 atom stereocenters. The van der Waals surface area contributed by atoms with Crippen LogP contribution in [0.15, 0.2) is 58.5 Å². The molecule has 2 aromatic carbocycles. The number of thioether (sulfide) groups is 1. The van der Waals surface area contributed by atoms with Crippen LogP contribution in [-0.2, 0) is 9.53 Å². The minimum absolute atomic E-state index is 0.0259. The summed E-state index contributed by atoms with van der Waals surface area (Å²) in [7, 11) is 1.31. The van der Waals surface area contributed by atoms with Crippen molar-refractivity contribution in [3.8, 4) is 5.69 Å². The third-order valence-corrected chi connectivity index (χ3v) is 7.08. The van der Waals surface area contributed by atoms with Crippen LogP contribution >= 0.6 is 11.8 Å². The number of esters is 1. The topological polar surface area (TPSA) is 84.7 Å². The lowest BCUT2D eigenvalue weighted by Gasteiger charge is -2.35. The number of benzene rings is 2. The van der Waals surface area contributed by atoms with Gasteiger partial charge in [-0.25, -0.2) is 9.78 Å². The zero-order chi connectivity index (χ0) is 24.2. The second kappa shape index (κ2) is 10.4. The number of ether oxygens (including phenoxy) is 1. The quantitative estimate of drug-likeness (QED) is 0.305. The molecule has 0 radical (unpaired) electrons. The van der Waals surface area contributed by atoms with Gasteiger partial charge in [-0.2, -0.15) is 0 Å². The summed E-state index contributed by atoms with van der Waals surface area (Å²) in [4.78, 5) is 47.6. The predicted molar refractivity (Wildman–Crippen MR) is 133 cm³/mol. The van der Waals surface area contributed by atoms with Crippen LogP contribution in [0.4, 0.5) is 0 Å². The maximum atomic E-state index is 13.5. The highest BCUT2D eigenvalue weighted by atomic mass is 32.2. The van der Waals surface area contributed by atoms with Gasteiger partial charge in [0.05, 0.1) is 34.5 Å². The largest absolute Gasteiger partial charge is 0.465 e. The number of carbonyl (C=O) groups excluding carboxylic acids is 2. The van der Waals surface area contributed by atoms with Crippen molar-refractivity contribution in [2.75, 3.05) is 39.8 Å². The summed E-state index contributed by atoms with van der Waals surface area (Å²) in [5.41, 5.74) is 1.11. The van der Waals surface area contributed by atoms with Crippen molar-refractivity contribution in [3.63, 3.8) is 0 Å². The molecule has 1 aliphatic heterocycles. The van der Waals surface area contributed by atoms with Crippen LogP contribution < -0.4 is 5.56 Å². The van der Waals surface area contributed by atoms with E-state index in [1.165, 1.54) is 23.4 Å². The standard InChI is InChI=1S/C25H28N4O4S/c1-4-27-12-14-28(15-13-27)22(30)17(2)34-25-26-21-16-18(24(32)33-3)10-11-20(21)23(31)29(25)19-8-6-5-7-9-19/h5-11,16-17H,4,12-15H2,1-3H3. The number of para-hydroxylation sites is 1. The molecule has 178 valence electrons. The normalized spacial score (nSPS) is 15.3. The van der Waals surface area contributed by atoms with Crippen LogP contribution in [0.1, 0.15) is 24.2 Å². The Kier molecular flexibility index (Phi) is 7.33. The van der Waals surface area contributed by atoms with Crippen LogP contribution in [0, 0.1) is 0 Å². The van der Waals surface area contributed by atoms with Gasteiger partial charge in [0, 0.05) is 26.2 Å². The molecule has 3 aromatic rings.